The normalized spacial score (nSPS) is 12.3. The van der Waals surface area contributed by atoms with Crippen LogP contribution in [-0.2, 0) is 18.3 Å². The van der Waals surface area contributed by atoms with Crippen molar-refractivity contribution in [2.45, 2.75) is 73.3 Å². The van der Waals surface area contributed by atoms with Crippen molar-refractivity contribution < 1.29 is 9.53 Å². The molecule has 188 valence electrons. The molecule has 1 aromatic carbocycles. The Bertz CT molecular complexity index is 1080. The Kier molecular flexibility index (Phi) is 12.9. The number of rotatable bonds is 6. The monoisotopic (exact) mass is 470 g/mol. The summed E-state index contributed by atoms with van der Waals surface area (Å²) in [5.41, 5.74) is 9.23. The van der Waals surface area contributed by atoms with Gasteiger partial charge in [-0.2, -0.15) is 5.10 Å². The van der Waals surface area contributed by atoms with Crippen molar-refractivity contribution in [2.75, 3.05) is 13.2 Å². The van der Waals surface area contributed by atoms with Gasteiger partial charge in [0.05, 0.1) is 23.4 Å². The Morgan fingerprint density at radius 2 is 1.82 bits per heavy atom. The highest BCUT2D eigenvalue weighted by Gasteiger charge is 2.23. The summed E-state index contributed by atoms with van der Waals surface area (Å²) in [4.78, 5) is 22.2. The van der Waals surface area contributed by atoms with Gasteiger partial charge >= 0.3 is 0 Å². The molecule has 1 saturated carbocycles. The average molecular weight is 471 g/mol. The fraction of sp³-hybridized carbons (Fsp3) is 0.519. The van der Waals surface area contributed by atoms with Crippen molar-refractivity contribution in [2.24, 2.45) is 12.8 Å². The van der Waals surface area contributed by atoms with Gasteiger partial charge in [-0.15, -0.1) is 0 Å². The van der Waals surface area contributed by atoms with Gasteiger partial charge in [0.1, 0.15) is 0 Å². The van der Waals surface area contributed by atoms with Gasteiger partial charge in [-0.05, 0) is 50.3 Å². The van der Waals surface area contributed by atoms with E-state index in [-0.39, 0.29) is 5.56 Å². The predicted molar refractivity (Wildman–Crippen MR) is 140 cm³/mol. The summed E-state index contributed by atoms with van der Waals surface area (Å²) in [6.07, 6.45) is 5.55. The lowest BCUT2D eigenvalue weighted by Crippen LogP contribution is -2.24. The van der Waals surface area contributed by atoms with Crippen LogP contribution in [0.25, 0.3) is 10.9 Å². The molecule has 0 spiro atoms. The molecule has 34 heavy (non-hydrogen) atoms. The first kappa shape index (κ1) is 29.1. The molecule has 0 saturated heterocycles. The summed E-state index contributed by atoms with van der Waals surface area (Å²) in [6, 6.07) is 9.35. The number of hydrogen-bond donors (Lipinski definition) is 1. The predicted octanol–water partition coefficient (Wildman–Crippen LogP) is 5.19. The van der Waals surface area contributed by atoms with E-state index in [1.807, 2.05) is 46.3 Å². The average Bonchev–Trinajstić information content (AvgIpc) is 3.11. The molecule has 2 N–H and O–H groups in total. The second-order valence-electron chi connectivity index (χ2n) is 7.59. The maximum atomic E-state index is 11.3. The van der Waals surface area contributed by atoms with E-state index in [2.05, 4.69) is 30.2 Å². The number of aryl methyl sites for hydroxylation is 2. The number of carbonyl (C=O) groups excluding carboxylic acids is 1. The van der Waals surface area contributed by atoms with E-state index in [4.69, 9.17) is 10.5 Å². The maximum absolute atomic E-state index is 11.3. The minimum Gasteiger partial charge on any atom is -0.380 e. The van der Waals surface area contributed by atoms with Gasteiger partial charge in [0.2, 0.25) is 5.91 Å². The van der Waals surface area contributed by atoms with Crippen molar-refractivity contribution in [3.05, 3.63) is 63.7 Å². The van der Waals surface area contributed by atoms with Crippen LogP contribution in [0.5, 0.6) is 0 Å². The van der Waals surface area contributed by atoms with Gasteiger partial charge < -0.3 is 15.0 Å². The Hall–Kier alpha value is -2.93. The zero-order chi connectivity index (χ0) is 25.7. The van der Waals surface area contributed by atoms with E-state index in [9.17, 15) is 9.59 Å². The van der Waals surface area contributed by atoms with Crippen LogP contribution in [0.1, 0.15) is 81.4 Å². The Morgan fingerprint density at radius 3 is 2.38 bits per heavy atom. The first-order valence-electron chi connectivity index (χ1n) is 12.4. The van der Waals surface area contributed by atoms with E-state index in [1.54, 1.807) is 0 Å². The van der Waals surface area contributed by atoms with Crippen LogP contribution in [0.3, 0.4) is 0 Å². The second-order valence-corrected chi connectivity index (χ2v) is 7.59. The first-order valence-corrected chi connectivity index (χ1v) is 12.4. The molecule has 1 fully saturated rings. The first-order chi connectivity index (χ1) is 16.4. The van der Waals surface area contributed by atoms with E-state index >= 15 is 0 Å². The Morgan fingerprint density at radius 1 is 1.15 bits per heavy atom. The molecule has 1 aliphatic rings. The zero-order valence-corrected chi connectivity index (χ0v) is 21.9. The van der Waals surface area contributed by atoms with Crippen LogP contribution in [0.2, 0.25) is 0 Å². The summed E-state index contributed by atoms with van der Waals surface area (Å²) in [5, 5.41) is 5.90. The highest BCUT2D eigenvalue weighted by atomic mass is 16.5. The summed E-state index contributed by atoms with van der Waals surface area (Å²) in [6.45, 7) is 13.5. The molecule has 4 rings (SSSR count). The number of nitrogens with zero attached hydrogens (tertiary/aromatic N) is 3. The summed E-state index contributed by atoms with van der Waals surface area (Å²) < 4.78 is 8.52. The number of amides is 1. The lowest BCUT2D eigenvalue weighted by atomic mass is 9.78. The maximum Gasteiger partial charge on any atom is 0.250 e. The highest BCUT2D eigenvalue weighted by Crippen LogP contribution is 2.40. The molecule has 0 aliphatic heterocycles. The number of nitrogens with two attached hydrogens (primary N) is 1. The van der Waals surface area contributed by atoms with Gasteiger partial charge in [0.25, 0.3) is 5.56 Å². The smallest absolute Gasteiger partial charge is 0.250 e. The second kappa shape index (κ2) is 15.1. The molecule has 2 aromatic heterocycles. The number of carbonyl (C=O) groups is 1. The van der Waals surface area contributed by atoms with Gasteiger partial charge in [-0.3, -0.25) is 14.3 Å². The molecular formula is C27H42N4O3. The Balaban J connectivity index is 0.000000297. The van der Waals surface area contributed by atoms with Crippen molar-refractivity contribution in [1.82, 2.24) is 14.3 Å². The van der Waals surface area contributed by atoms with Gasteiger partial charge in [0, 0.05) is 37.8 Å². The molecule has 0 unspecified atom stereocenters. The summed E-state index contributed by atoms with van der Waals surface area (Å²) in [7, 11) is 2.03. The van der Waals surface area contributed by atoms with E-state index in [0.717, 1.165) is 5.92 Å². The van der Waals surface area contributed by atoms with Crippen molar-refractivity contribution in [3.63, 3.8) is 0 Å². The largest absolute Gasteiger partial charge is 0.380 e. The van der Waals surface area contributed by atoms with Gasteiger partial charge in [0.15, 0.2) is 0 Å². The minimum absolute atomic E-state index is 0.167. The molecule has 0 atom stereocenters. The number of primary amides is 1. The number of ether oxygens (including phenoxy) is 1. The lowest BCUT2D eigenvalue weighted by molar-refractivity contribution is 0.0998. The third-order valence-electron chi connectivity index (χ3n) is 5.58. The van der Waals surface area contributed by atoms with E-state index in [0.29, 0.717) is 25.3 Å². The molecule has 0 bridgehead atoms. The van der Waals surface area contributed by atoms with E-state index in [1.165, 1.54) is 64.3 Å². The van der Waals surface area contributed by atoms with Crippen LogP contribution in [-0.4, -0.2) is 33.5 Å². The third kappa shape index (κ3) is 7.55. The summed E-state index contributed by atoms with van der Waals surface area (Å²) >= 11 is 0. The fourth-order valence-electron chi connectivity index (χ4n) is 3.77. The Labute approximate surface area is 203 Å². The van der Waals surface area contributed by atoms with Crippen LogP contribution < -0.4 is 11.3 Å². The number of benzene rings is 1. The quantitative estimate of drug-likeness (QED) is 0.502. The highest BCUT2D eigenvalue weighted by molar-refractivity contribution is 5.92. The van der Waals surface area contributed by atoms with Crippen LogP contribution in [0.4, 0.5) is 0 Å². The molecule has 1 amide bonds. The number of pyridine rings is 1. The fourth-order valence-corrected chi connectivity index (χ4v) is 3.77. The zero-order valence-electron chi connectivity index (χ0n) is 21.9. The number of aromatic nitrogens is 3. The topological polar surface area (TPSA) is 92.1 Å². The molecule has 0 radical (unpaired) electrons. The molecular weight excluding hydrogens is 428 g/mol. The van der Waals surface area contributed by atoms with Gasteiger partial charge in [-0.25, -0.2) is 0 Å². The van der Waals surface area contributed by atoms with Crippen molar-refractivity contribution >= 4 is 16.8 Å². The molecule has 3 aromatic rings. The van der Waals surface area contributed by atoms with E-state index < -0.39 is 5.91 Å². The van der Waals surface area contributed by atoms with Crippen LogP contribution in [0, 0.1) is 6.92 Å². The third-order valence-corrected chi connectivity index (χ3v) is 5.58. The molecule has 7 heteroatoms. The molecule has 2 heterocycles. The molecule has 7 nitrogen and oxygen atoms in total. The summed E-state index contributed by atoms with van der Waals surface area (Å²) in [5.74, 6) is 0.247. The standard InChI is InChI=1S/C13H16N2.C10H14N2O3.2C2H6/c1-9-13-11(10-5-3-6-10)7-4-8-12(13)15(2)14-9;1-2-15-6-5-12-7-8(10(11)14)3-4-9(12)13;2*1-2/h4,7-8,10H,3,5-6H2,1-2H3;3-4,7H,2,5-6H2,1H3,(H2,11,14);2*1-2H3. The van der Waals surface area contributed by atoms with Gasteiger partial charge in [-0.1, -0.05) is 46.2 Å². The van der Waals surface area contributed by atoms with Crippen molar-refractivity contribution in [3.8, 4) is 0 Å². The van der Waals surface area contributed by atoms with Crippen LogP contribution in [0.15, 0.2) is 41.3 Å². The van der Waals surface area contributed by atoms with Crippen LogP contribution >= 0.6 is 0 Å². The minimum atomic E-state index is -0.542. The number of fused-ring (bicyclic) bond motifs is 1. The molecule has 1 aliphatic carbocycles. The SMILES string of the molecule is CC.CC.CCOCCn1cc(C(N)=O)ccc1=O.Cc1nn(C)c2cccc(C3CCC3)c12. The number of hydrogen-bond acceptors (Lipinski definition) is 4. The lowest BCUT2D eigenvalue weighted by Gasteiger charge is -2.26. The van der Waals surface area contributed by atoms with Crippen molar-refractivity contribution in [1.29, 1.82) is 0 Å².